The van der Waals surface area contributed by atoms with Crippen molar-refractivity contribution in [3.63, 3.8) is 0 Å². The van der Waals surface area contributed by atoms with Crippen LogP contribution in [0.4, 0.5) is 18.9 Å². The van der Waals surface area contributed by atoms with E-state index >= 15 is 0 Å². The Hall–Kier alpha value is -2.44. The number of alkyl halides is 3. The molecule has 170 valence electrons. The molecule has 0 aliphatic carbocycles. The van der Waals surface area contributed by atoms with Crippen LogP contribution in [0, 0.1) is 28.6 Å². The summed E-state index contributed by atoms with van der Waals surface area (Å²) in [6.07, 6.45) is 2.06. The maximum atomic E-state index is 14.0. The van der Waals surface area contributed by atoms with E-state index in [1.807, 2.05) is 0 Å². The third kappa shape index (κ3) is 3.90. The fourth-order valence-electron chi connectivity index (χ4n) is 5.78. The van der Waals surface area contributed by atoms with Gasteiger partial charge in [0.25, 0.3) is 0 Å². The van der Waals surface area contributed by atoms with Gasteiger partial charge < -0.3 is 15.1 Å². The second-order valence-corrected chi connectivity index (χ2v) is 9.54. The Morgan fingerprint density at radius 1 is 1.09 bits per heavy atom. The number of benzene rings is 1. The van der Waals surface area contributed by atoms with E-state index in [0.29, 0.717) is 40.8 Å². The number of piperidine rings is 1. The fraction of sp³-hybridized carbons (Fsp3) is 0.609. The number of fused-ring (bicyclic) bond motifs is 1. The van der Waals surface area contributed by atoms with Gasteiger partial charge in [-0.25, -0.2) is 0 Å². The average Bonchev–Trinajstić information content (AvgIpc) is 3.42. The average molecular weight is 445 g/mol. The minimum Gasteiger partial charge on any atom is -0.369 e. The molecule has 3 saturated heterocycles. The van der Waals surface area contributed by atoms with Crippen molar-refractivity contribution in [2.24, 2.45) is 17.3 Å². The lowest BCUT2D eigenvalue weighted by Crippen LogP contribution is -2.45. The summed E-state index contributed by atoms with van der Waals surface area (Å²) in [6, 6.07) is 5.43. The highest BCUT2D eigenvalue weighted by Crippen LogP contribution is 2.42. The Morgan fingerprint density at radius 2 is 1.84 bits per heavy atom. The molecule has 3 fully saturated rings. The van der Waals surface area contributed by atoms with E-state index in [0.717, 1.165) is 39.0 Å². The zero-order chi connectivity index (χ0) is 22.3. The first-order chi connectivity index (χ1) is 15.4. The molecule has 2 aromatic rings. The molecular formula is C23H27F3N6. The molecule has 6 nitrogen and oxygen atoms in total. The molecular weight excluding hydrogens is 417 g/mol. The molecule has 4 heterocycles. The summed E-state index contributed by atoms with van der Waals surface area (Å²) in [5, 5.41) is 12.8. The minimum atomic E-state index is -4.25. The van der Waals surface area contributed by atoms with Crippen molar-refractivity contribution in [2.75, 3.05) is 50.7 Å². The number of likely N-dealkylation sites (tertiary alicyclic amines) is 1. The number of nitrogens with zero attached hydrogens (tertiary/aromatic N) is 5. The Labute approximate surface area is 185 Å². The molecule has 0 bridgehead atoms. The Bertz CT molecular complexity index is 1020. The van der Waals surface area contributed by atoms with Gasteiger partial charge in [0, 0.05) is 44.5 Å². The second kappa shape index (κ2) is 8.16. The quantitative estimate of drug-likeness (QED) is 0.784. The van der Waals surface area contributed by atoms with E-state index in [1.165, 1.54) is 18.8 Å². The number of halogens is 3. The van der Waals surface area contributed by atoms with Gasteiger partial charge in [-0.1, -0.05) is 0 Å². The molecule has 1 aromatic heterocycles. The minimum absolute atomic E-state index is 0.0898. The van der Waals surface area contributed by atoms with Gasteiger partial charge in [-0.15, -0.1) is 0 Å². The first kappa shape index (κ1) is 21.4. The number of hydrogen-bond donors (Lipinski definition) is 1. The summed E-state index contributed by atoms with van der Waals surface area (Å²) in [5.74, 6) is -1.87. The first-order valence-corrected chi connectivity index (χ1v) is 11.3. The van der Waals surface area contributed by atoms with Crippen LogP contribution in [0.5, 0.6) is 0 Å². The molecule has 0 radical (unpaired) electrons. The summed E-state index contributed by atoms with van der Waals surface area (Å²) in [4.78, 5) is 12.6. The first-order valence-electron chi connectivity index (χ1n) is 11.3. The van der Waals surface area contributed by atoms with Crippen LogP contribution in [-0.4, -0.2) is 66.9 Å². The molecule has 5 rings (SSSR count). The van der Waals surface area contributed by atoms with Gasteiger partial charge in [0.1, 0.15) is 17.1 Å². The van der Waals surface area contributed by atoms with Gasteiger partial charge in [0.2, 0.25) is 0 Å². The van der Waals surface area contributed by atoms with Gasteiger partial charge in [0.15, 0.2) is 0 Å². The molecule has 1 N–H and O–H groups in total. The predicted molar refractivity (Wildman–Crippen MR) is 115 cm³/mol. The molecule has 1 aromatic carbocycles. The van der Waals surface area contributed by atoms with Crippen molar-refractivity contribution in [3.8, 4) is 6.07 Å². The van der Waals surface area contributed by atoms with Crippen LogP contribution >= 0.6 is 0 Å². The SMILES string of the molecule is N#Cc1ccc(N2CC(C(F)(F)F)[C@@H](CN3CCC4(CCNC4)CC3)C2)c2nccnc12. The third-order valence-electron chi connectivity index (χ3n) is 7.67. The lowest BCUT2D eigenvalue weighted by molar-refractivity contribution is -0.180. The number of aromatic nitrogens is 2. The largest absolute Gasteiger partial charge is 0.393 e. The highest BCUT2D eigenvalue weighted by atomic mass is 19.4. The van der Waals surface area contributed by atoms with Crippen molar-refractivity contribution in [3.05, 3.63) is 30.1 Å². The normalized spacial score (nSPS) is 26.1. The van der Waals surface area contributed by atoms with E-state index in [9.17, 15) is 18.4 Å². The Kier molecular flexibility index (Phi) is 5.46. The number of hydrogen-bond acceptors (Lipinski definition) is 6. The molecule has 1 unspecified atom stereocenters. The summed E-state index contributed by atoms with van der Waals surface area (Å²) >= 11 is 0. The van der Waals surface area contributed by atoms with E-state index in [-0.39, 0.29) is 6.54 Å². The molecule has 0 saturated carbocycles. The van der Waals surface area contributed by atoms with Crippen molar-refractivity contribution in [1.82, 2.24) is 20.2 Å². The van der Waals surface area contributed by atoms with Crippen LogP contribution in [0.15, 0.2) is 24.5 Å². The second-order valence-electron chi connectivity index (χ2n) is 9.54. The Morgan fingerprint density at radius 3 is 2.50 bits per heavy atom. The van der Waals surface area contributed by atoms with Crippen molar-refractivity contribution in [1.29, 1.82) is 5.26 Å². The lowest BCUT2D eigenvalue weighted by Gasteiger charge is -2.40. The monoisotopic (exact) mass is 444 g/mol. The lowest BCUT2D eigenvalue weighted by atomic mass is 9.77. The number of nitrogens with one attached hydrogen (secondary N) is 1. The van der Waals surface area contributed by atoms with E-state index in [1.54, 1.807) is 17.0 Å². The topological polar surface area (TPSA) is 68.1 Å². The third-order valence-corrected chi connectivity index (χ3v) is 7.67. The van der Waals surface area contributed by atoms with Gasteiger partial charge in [0.05, 0.1) is 17.2 Å². The predicted octanol–water partition coefficient (Wildman–Crippen LogP) is 3.19. The maximum absolute atomic E-state index is 14.0. The van der Waals surface area contributed by atoms with Crippen molar-refractivity contribution in [2.45, 2.75) is 25.4 Å². The molecule has 3 aliphatic rings. The number of rotatable bonds is 3. The number of anilines is 1. The van der Waals surface area contributed by atoms with Gasteiger partial charge in [-0.05, 0) is 56.4 Å². The summed E-state index contributed by atoms with van der Waals surface area (Å²) in [5.41, 5.74) is 2.27. The standard InChI is InChI=1S/C23H27F3N6/c24-23(25,26)18-14-32(19-2-1-16(11-27)20-21(19)30-8-7-29-20)13-17(18)12-31-9-4-22(5-10-31)3-6-28-15-22/h1-2,7-8,17-18,28H,3-6,9-10,12-15H2/t17-,18?/m0/s1. The van der Waals surface area contributed by atoms with Crippen LogP contribution in [-0.2, 0) is 0 Å². The van der Waals surface area contributed by atoms with Crippen molar-refractivity contribution >= 4 is 16.7 Å². The summed E-state index contributed by atoms with van der Waals surface area (Å²) in [7, 11) is 0. The van der Waals surface area contributed by atoms with Gasteiger partial charge >= 0.3 is 6.18 Å². The molecule has 32 heavy (non-hydrogen) atoms. The zero-order valence-corrected chi connectivity index (χ0v) is 17.9. The molecule has 9 heteroatoms. The van der Waals surface area contributed by atoms with E-state index < -0.39 is 18.0 Å². The van der Waals surface area contributed by atoms with E-state index in [4.69, 9.17) is 0 Å². The number of nitriles is 1. The maximum Gasteiger partial charge on any atom is 0.393 e. The molecule has 1 spiro atoms. The van der Waals surface area contributed by atoms with Crippen LogP contribution in [0.2, 0.25) is 0 Å². The molecule has 3 aliphatic heterocycles. The zero-order valence-electron chi connectivity index (χ0n) is 17.9. The summed E-state index contributed by atoms with van der Waals surface area (Å²) in [6.45, 7) is 4.52. The fourth-order valence-corrected chi connectivity index (χ4v) is 5.78. The van der Waals surface area contributed by atoms with Gasteiger partial charge in [-0.2, -0.15) is 18.4 Å². The van der Waals surface area contributed by atoms with Crippen LogP contribution < -0.4 is 10.2 Å². The van der Waals surface area contributed by atoms with E-state index in [2.05, 4.69) is 26.3 Å². The Balaban J connectivity index is 1.36. The molecule has 0 amide bonds. The smallest absolute Gasteiger partial charge is 0.369 e. The van der Waals surface area contributed by atoms with Gasteiger partial charge in [-0.3, -0.25) is 9.97 Å². The van der Waals surface area contributed by atoms with Crippen LogP contribution in [0.3, 0.4) is 0 Å². The van der Waals surface area contributed by atoms with Crippen LogP contribution in [0.1, 0.15) is 24.8 Å². The highest BCUT2D eigenvalue weighted by Gasteiger charge is 2.50. The summed E-state index contributed by atoms with van der Waals surface area (Å²) < 4.78 is 42.0. The molecule has 2 atom stereocenters. The van der Waals surface area contributed by atoms with Crippen molar-refractivity contribution < 1.29 is 13.2 Å². The highest BCUT2D eigenvalue weighted by molar-refractivity contribution is 5.92. The van der Waals surface area contributed by atoms with Crippen LogP contribution in [0.25, 0.3) is 11.0 Å².